The fourth-order valence-corrected chi connectivity index (χ4v) is 7.96. The summed E-state index contributed by atoms with van der Waals surface area (Å²) in [7, 11) is 0. The Labute approximate surface area is 414 Å². The van der Waals surface area contributed by atoms with Crippen LogP contribution in [-0.2, 0) is 19.2 Å². The molecule has 0 spiro atoms. The number of rotatable bonds is 12. The van der Waals surface area contributed by atoms with E-state index in [9.17, 15) is 19.2 Å². The van der Waals surface area contributed by atoms with E-state index >= 15 is 0 Å². The molecule has 0 saturated heterocycles. The highest BCUT2D eigenvalue weighted by molar-refractivity contribution is 6.00. The smallest absolute Gasteiger partial charge is 0.338 e. The van der Waals surface area contributed by atoms with Gasteiger partial charge in [-0.3, -0.25) is 0 Å². The molecule has 12 nitrogen and oxygen atoms in total. The van der Waals surface area contributed by atoms with Gasteiger partial charge in [0.15, 0.2) is 0 Å². The minimum atomic E-state index is -0.535. The lowest BCUT2D eigenvalue weighted by Gasteiger charge is -2.09. The maximum absolute atomic E-state index is 12.5. The second-order valence-corrected chi connectivity index (χ2v) is 17.3. The molecule has 0 amide bonds. The molecule has 2 N–H and O–H groups in total. The van der Waals surface area contributed by atoms with Gasteiger partial charge >= 0.3 is 23.9 Å². The summed E-state index contributed by atoms with van der Waals surface area (Å²) in [5.74, 6) is -0.735. The van der Waals surface area contributed by atoms with Crippen LogP contribution in [0.3, 0.4) is 0 Å². The van der Waals surface area contributed by atoms with E-state index in [2.05, 4.69) is 36.3 Å². The lowest BCUT2D eigenvalue weighted by Crippen LogP contribution is -2.07. The van der Waals surface area contributed by atoms with Crippen LogP contribution in [0.5, 0.6) is 23.0 Å². The summed E-state index contributed by atoms with van der Waals surface area (Å²) in [5, 5.41) is 0. The number of esters is 4. The Bertz CT molecular complexity index is 3210. The number of aromatic amines is 2. The Morgan fingerprint density at radius 2 is 0.528 bits per heavy atom. The predicted molar refractivity (Wildman–Crippen MR) is 282 cm³/mol. The van der Waals surface area contributed by atoms with Crippen molar-refractivity contribution in [2.24, 2.45) is 0 Å². The third-order valence-corrected chi connectivity index (χ3v) is 11.6. The zero-order valence-corrected chi connectivity index (χ0v) is 39.8. The van der Waals surface area contributed by atoms with Crippen molar-refractivity contribution in [2.75, 3.05) is 0 Å². The van der Waals surface area contributed by atoms with Gasteiger partial charge in [-0.25, -0.2) is 29.1 Å². The maximum atomic E-state index is 12.5. The highest BCUT2D eigenvalue weighted by Gasteiger charge is 2.21. The van der Waals surface area contributed by atoms with Crippen LogP contribution in [0, 0.1) is 0 Å². The van der Waals surface area contributed by atoms with Crippen molar-refractivity contribution in [3.05, 3.63) is 193 Å². The van der Waals surface area contributed by atoms with Crippen molar-refractivity contribution >= 4 is 70.2 Å². The van der Waals surface area contributed by atoms with Crippen molar-refractivity contribution < 1.29 is 38.1 Å². The Kier molecular flexibility index (Phi) is 13.0. The lowest BCUT2D eigenvalue weighted by molar-refractivity contribution is -0.130. The van der Waals surface area contributed by atoms with E-state index in [0.717, 1.165) is 66.6 Å². The van der Waals surface area contributed by atoms with Crippen LogP contribution in [0.1, 0.15) is 50.5 Å². The number of benzene rings is 4. The molecular weight excluding hydrogens is 905 g/mol. The van der Waals surface area contributed by atoms with Gasteiger partial charge in [-0.2, -0.15) is 0 Å². The van der Waals surface area contributed by atoms with Crippen LogP contribution in [-0.4, -0.2) is 43.8 Å². The molecule has 0 unspecified atom stereocenters. The van der Waals surface area contributed by atoms with Crippen molar-refractivity contribution in [3.63, 3.8) is 0 Å². The van der Waals surface area contributed by atoms with Gasteiger partial charge in [0, 0.05) is 66.6 Å². The molecule has 0 aliphatic carbocycles. The first-order valence-electron chi connectivity index (χ1n) is 22.7. The Hall–Kier alpha value is -9.68. The SMILES string of the molecule is C=C(C)C(=O)Oc1ccc(-c2c3nc(c(-c4ccc(OC(=O)C(=C)C)cc4)c4ccc([nH]4)c(-c4ccc(OC(=O)C(=C)C)cc4)c4nc(c(-c5ccc(OC(=O)C(=C)C)cc5)c5ccc2[nH]5)C=C4)C=C3)cc1. The Morgan fingerprint density at radius 1 is 0.333 bits per heavy atom. The number of hydrogen-bond acceptors (Lipinski definition) is 10. The third-order valence-electron chi connectivity index (χ3n) is 11.6. The van der Waals surface area contributed by atoms with Gasteiger partial charge < -0.3 is 28.9 Å². The monoisotopic (exact) mass is 950 g/mol. The van der Waals surface area contributed by atoms with Gasteiger partial charge in [0.25, 0.3) is 0 Å². The lowest BCUT2D eigenvalue weighted by atomic mass is 10.0. The Balaban J connectivity index is 1.34. The molecule has 7 aromatic rings. The van der Waals surface area contributed by atoms with Gasteiger partial charge in [-0.15, -0.1) is 0 Å². The van der Waals surface area contributed by atoms with E-state index in [1.165, 1.54) is 0 Å². The summed E-state index contributed by atoms with van der Waals surface area (Å²) < 4.78 is 22.2. The number of carbonyl (C=O) groups is 4. The van der Waals surface area contributed by atoms with Crippen LogP contribution in [0.25, 0.3) is 90.9 Å². The number of hydrogen-bond donors (Lipinski definition) is 2. The first-order chi connectivity index (χ1) is 34.6. The van der Waals surface area contributed by atoms with E-state index in [1.54, 1.807) is 76.2 Å². The molecule has 0 saturated carbocycles. The van der Waals surface area contributed by atoms with Crippen LogP contribution in [0.2, 0.25) is 0 Å². The summed E-state index contributed by atoms with van der Waals surface area (Å²) >= 11 is 0. The van der Waals surface area contributed by atoms with E-state index in [4.69, 9.17) is 28.9 Å². The Morgan fingerprint density at radius 3 is 0.708 bits per heavy atom. The molecule has 354 valence electrons. The quantitative estimate of drug-likeness (QED) is 0.0685. The molecule has 4 aromatic carbocycles. The highest BCUT2D eigenvalue weighted by atomic mass is 16.5. The van der Waals surface area contributed by atoms with Gasteiger partial charge in [-0.05, 0) is 147 Å². The molecule has 0 radical (unpaired) electrons. The molecular formula is C60H46N4O8. The van der Waals surface area contributed by atoms with E-state index in [-0.39, 0.29) is 22.3 Å². The third kappa shape index (κ3) is 9.91. The van der Waals surface area contributed by atoms with Gasteiger partial charge in [0.1, 0.15) is 23.0 Å². The second kappa shape index (κ2) is 19.7. The van der Waals surface area contributed by atoms with Crippen molar-refractivity contribution in [1.82, 2.24) is 19.9 Å². The number of nitrogens with one attached hydrogen (secondary N) is 2. The zero-order chi connectivity index (χ0) is 50.8. The van der Waals surface area contributed by atoms with Crippen LogP contribution >= 0.6 is 0 Å². The minimum Gasteiger partial charge on any atom is -0.423 e. The van der Waals surface area contributed by atoms with Gasteiger partial charge in [0.2, 0.25) is 0 Å². The average molecular weight is 951 g/mol. The second-order valence-electron chi connectivity index (χ2n) is 17.3. The molecule has 9 rings (SSSR count). The fraction of sp³-hybridized carbons (Fsp3) is 0.0667. The number of aromatic nitrogens is 4. The first kappa shape index (κ1) is 47.4. The average Bonchev–Trinajstić information content (AvgIpc) is 4.22. The maximum Gasteiger partial charge on any atom is 0.338 e. The first-order valence-corrected chi connectivity index (χ1v) is 22.7. The molecule has 12 heteroatoms. The normalized spacial score (nSPS) is 11.4. The number of nitrogens with zero attached hydrogens (tertiary/aromatic N) is 2. The zero-order valence-electron chi connectivity index (χ0n) is 39.8. The number of fused-ring (bicyclic) bond motifs is 8. The topological polar surface area (TPSA) is 163 Å². The summed E-state index contributed by atoms with van der Waals surface area (Å²) in [4.78, 5) is 68.0. The minimum absolute atomic E-state index is 0.273. The molecule has 2 aliphatic rings. The molecule has 72 heavy (non-hydrogen) atoms. The summed E-state index contributed by atoms with van der Waals surface area (Å²) in [6.07, 6.45) is 7.80. The molecule has 0 atom stereocenters. The van der Waals surface area contributed by atoms with Gasteiger partial charge in [-0.1, -0.05) is 74.8 Å². The van der Waals surface area contributed by atoms with Crippen molar-refractivity contribution in [1.29, 1.82) is 0 Å². The molecule has 0 fully saturated rings. The number of ether oxygens (including phenoxy) is 4. The summed E-state index contributed by atoms with van der Waals surface area (Å²) in [6.45, 7) is 21.2. The van der Waals surface area contributed by atoms with Crippen LogP contribution < -0.4 is 18.9 Å². The largest absolute Gasteiger partial charge is 0.423 e. The molecule has 2 aliphatic heterocycles. The van der Waals surface area contributed by atoms with Crippen molar-refractivity contribution in [2.45, 2.75) is 27.7 Å². The predicted octanol–water partition coefficient (Wildman–Crippen LogP) is 13.2. The van der Waals surface area contributed by atoms with Crippen molar-refractivity contribution in [3.8, 4) is 67.5 Å². The van der Waals surface area contributed by atoms with Crippen LogP contribution in [0.15, 0.2) is 170 Å². The number of H-pyrrole nitrogens is 2. The van der Waals surface area contributed by atoms with E-state index in [1.807, 2.05) is 97.1 Å². The standard InChI is InChI=1S/C60H46N4O8/c1-33(2)57(65)69-41-17-9-37(10-18-41)53-45-25-27-47(61-45)54(38-11-19-42(20-12-38)70-58(66)34(3)4)49-29-31-51(63-49)56(40-15-23-44(24-16-40)72-60(68)36(7)8)52-32-30-50(64-52)55(48-28-26-46(53)62-48)39-13-21-43(22-14-39)71-59(67)35(5)6/h9-32,61,64H,1,3,5,7H2,2,4,6,8H3. The summed E-state index contributed by atoms with van der Waals surface area (Å²) in [6, 6.07) is 36.6. The van der Waals surface area contributed by atoms with E-state index in [0.29, 0.717) is 45.8 Å². The molecule has 3 aromatic heterocycles. The summed E-state index contributed by atoms with van der Waals surface area (Å²) in [5.41, 5.74) is 12.6. The van der Waals surface area contributed by atoms with E-state index < -0.39 is 23.9 Å². The highest BCUT2D eigenvalue weighted by Crippen LogP contribution is 2.40. The van der Waals surface area contributed by atoms with Crippen LogP contribution in [0.4, 0.5) is 0 Å². The number of carbonyl (C=O) groups excluding carboxylic acids is 4. The molecule has 5 heterocycles. The fourth-order valence-electron chi connectivity index (χ4n) is 7.96. The van der Waals surface area contributed by atoms with Gasteiger partial charge in [0.05, 0.1) is 22.8 Å². The molecule has 8 bridgehead atoms.